The average Bonchev–Trinajstić information content (AvgIpc) is 2.50. The van der Waals surface area contributed by atoms with Gasteiger partial charge in [0.2, 0.25) is 0 Å². The van der Waals surface area contributed by atoms with Crippen molar-refractivity contribution in [1.29, 1.82) is 10.5 Å². The Labute approximate surface area is 102 Å². The van der Waals surface area contributed by atoms with Gasteiger partial charge in [-0.1, -0.05) is 19.4 Å². The van der Waals surface area contributed by atoms with Gasteiger partial charge in [-0.25, -0.2) is 0 Å². The second-order valence-corrected chi connectivity index (χ2v) is 6.09. The molecule has 0 saturated heterocycles. The number of rotatable bonds is 0. The second kappa shape index (κ2) is 3.44. The molecule has 2 aliphatic carbocycles. The van der Waals surface area contributed by atoms with Gasteiger partial charge >= 0.3 is 0 Å². The highest BCUT2D eigenvalue weighted by molar-refractivity contribution is 5.99. The zero-order valence-corrected chi connectivity index (χ0v) is 10.5. The van der Waals surface area contributed by atoms with Crippen LogP contribution in [-0.4, -0.2) is 5.78 Å². The summed E-state index contributed by atoms with van der Waals surface area (Å²) in [6.07, 6.45) is 1.72. The van der Waals surface area contributed by atoms with E-state index in [4.69, 9.17) is 0 Å². The van der Waals surface area contributed by atoms with Crippen LogP contribution in [0.5, 0.6) is 0 Å². The number of hydrogen-bond acceptors (Lipinski definition) is 3. The number of hydrogen-bond donors (Lipinski definition) is 0. The number of Topliss-reactive ketones (excluding diaryl/α,β-unsaturated/α-hetero) is 1. The third kappa shape index (κ3) is 1.58. The van der Waals surface area contributed by atoms with E-state index in [9.17, 15) is 15.3 Å². The molecule has 0 unspecified atom stereocenters. The van der Waals surface area contributed by atoms with Crippen molar-refractivity contribution in [3.63, 3.8) is 0 Å². The summed E-state index contributed by atoms with van der Waals surface area (Å²) in [6.45, 7) is 5.96. The third-order valence-electron chi connectivity index (χ3n) is 4.04. The molecule has 0 heterocycles. The Morgan fingerprint density at radius 3 is 2.35 bits per heavy atom. The molecule has 1 atom stereocenters. The Morgan fingerprint density at radius 2 is 1.82 bits per heavy atom. The molecule has 0 aromatic rings. The van der Waals surface area contributed by atoms with Gasteiger partial charge < -0.3 is 0 Å². The van der Waals surface area contributed by atoms with Crippen LogP contribution in [-0.2, 0) is 4.79 Å². The van der Waals surface area contributed by atoms with Gasteiger partial charge in [-0.05, 0) is 24.3 Å². The maximum Gasteiger partial charge on any atom is 0.159 e. The molecule has 0 N–H and O–H groups in total. The Kier molecular flexibility index (Phi) is 2.40. The molecule has 0 radical (unpaired) electrons. The van der Waals surface area contributed by atoms with Crippen LogP contribution in [0.25, 0.3) is 0 Å². The molecule has 0 amide bonds. The minimum Gasteiger partial charge on any atom is -0.295 e. The minimum absolute atomic E-state index is 0.102. The van der Waals surface area contributed by atoms with E-state index in [1.165, 1.54) is 0 Å². The highest BCUT2D eigenvalue weighted by atomic mass is 16.1. The van der Waals surface area contributed by atoms with Gasteiger partial charge in [0.25, 0.3) is 0 Å². The zero-order chi connectivity index (χ0) is 12.8. The number of ketones is 1. The van der Waals surface area contributed by atoms with Crippen LogP contribution >= 0.6 is 0 Å². The molecule has 2 aliphatic rings. The second-order valence-electron chi connectivity index (χ2n) is 6.09. The first-order valence-corrected chi connectivity index (χ1v) is 5.90. The molecule has 0 aromatic heterocycles. The molecule has 3 heteroatoms. The van der Waals surface area contributed by atoms with Crippen LogP contribution in [0.2, 0.25) is 0 Å². The minimum atomic E-state index is -1.01. The smallest absolute Gasteiger partial charge is 0.159 e. The summed E-state index contributed by atoms with van der Waals surface area (Å²) < 4.78 is 0. The van der Waals surface area contributed by atoms with Crippen LogP contribution in [0, 0.1) is 39.4 Å². The van der Waals surface area contributed by atoms with Crippen LogP contribution in [0.15, 0.2) is 11.1 Å². The van der Waals surface area contributed by atoms with Gasteiger partial charge in [0.15, 0.2) is 11.2 Å². The zero-order valence-electron chi connectivity index (χ0n) is 10.5. The molecule has 1 saturated carbocycles. The number of nitriles is 2. The summed E-state index contributed by atoms with van der Waals surface area (Å²) in [7, 11) is 0. The fourth-order valence-electron chi connectivity index (χ4n) is 3.30. The molecule has 3 nitrogen and oxygen atoms in total. The van der Waals surface area contributed by atoms with Crippen molar-refractivity contribution < 1.29 is 4.79 Å². The maximum atomic E-state index is 12.1. The van der Waals surface area contributed by atoms with Crippen LogP contribution in [0.4, 0.5) is 0 Å². The van der Waals surface area contributed by atoms with Crippen molar-refractivity contribution in [2.75, 3.05) is 0 Å². The van der Waals surface area contributed by atoms with Crippen molar-refractivity contribution in [3.05, 3.63) is 11.1 Å². The molecule has 0 aromatic carbocycles. The molecule has 0 bridgehead atoms. The Morgan fingerprint density at radius 1 is 1.24 bits per heavy atom. The van der Waals surface area contributed by atoms with Crippen LogP contribution < -0.4 is 0 Å². The van der Waals surface area contributed by atoms with Crippen LogP contribution in [0.3, 0.4) is 0 Å². The first-order chi connectivity index (χ1) is 7.85. The van der Waals surface area contributed by atoms with E-state index < -0.39 is 5.41 Å². The monoisotopic (exact) mass is 228 g/mol. The van der Waals surface area contributed by atoms with Crippen molar-refractivity contribution in [3.8, 4) is 12.1 Å². The third-order valence-corrected chi connectivity index (χ3v) is 4.04. The summed E-state index contributed by atoms with van der Waals surface area (Å²) in [5, 5.41) is 18.6. The highest BCUT2D eigenvalue weighted by Crippen LogP contribution is 2.55. The molecule has 0 aliphatic heterocycles. The Hall–Kier alpha value is -1.61. The largest absolute Gasteiger partial charge is 0.295 e. The fourth-order valence-corrected chi connectivity index (χ4v) is 3.30. The van der Waals surface area contributed by atoms with Gasteiger partial charge in [0.1, 0.15) is 0 Å². The quantitative estimate of drug-likeness (QED) is 0.640. The van der Waals surface area contributed by atoms with E-state index in [1.807, 2.05) is 20.8 Å². The predicted molar refractivity (Wildman–Crippen MR) is 62.5 cm³/mol. The Balaban J connectivity index is 2.52. The van der Waals surface area contributed by atoms with Gasteiger partial charge in [0, 0.05) is 18.8 Å². The van der Waals surface area contributed by atoms with E-state index in [0.29, 0.717) is 12.8 Å². The number of carbonyl (C=O) groups excluding carboxylic acids is 1. The van der Waals surface area contributed by atoms with Gasteiger partial charge in [0.05, 0.1) is 12.1 Å². The van der Waals surface area contributed by atoms with E-state index in [2.05, 4.69) is 12.1 Å². The first kappa shape index (κ1) is 11.9. The van der Waals surface area contributed by atoms with Crippen molar-refractivity contribution in [1.82, 2.24) is 0 Å². The number of allylic oxidation sites excluding steroid dienone is 2. The normalized spacial score (nSPS) is 29.5. The van der Waals surface area contributed by atoms with Gasteiger partial charge in [-0.3, -0.25) is 4.79 Å². The van der Waals surface area contributed by atoms with Crippen molar-refractivity contribution in [2.24, 2.45) is 16.7 Å². The average molecular weight is 228 g/mol. The molecule has 17 heavy (non-hydrogen) atoms. The maximum absolute atomic E-state index is 12.1. The lowest BCUT2D eigenvalue weighted by molar-refractivity contribution is -0.120. The molecule has 0 spiro atoms. The lowest BCUT2D eigenvalue weighted by Crippen LogP contribution is -2.36. The van der Waals surface area contributed by atoms with E-state index in [0.717, 1.165) is 17.6 Å². The highest BCUT2D eigenvalue weighted by Gasteiger charge is 2.53. The Bertz CT molecular complexity index is 485. The van der Waals surface area contributed by atoms with Gasteiger partial charge in [-0.15, -0.1) is 0 Å². The summed E-state index contributed by atoms with van der Waals surface area (Å²) in [4.78, 5) is 12.1. The summed E-state index contributed by atoms with van der Waals surface area (Å²) >= 11 is 0. The van der Waals surface area contributed by atoms with E-state index in [-0.39, 0.29) is 17.1 Å². The fraction of sp³-hybridized carbons (Fsp3) is 0.643. The van der Waals surface area contributed by atoms with E-state index >= 15 is 0 Å². The van der Waals surface area contributed by atoms with Gasteiger partial charge in [-0.2, -0.15) is 10.5 Å². The summed E-state index contributed by atoms with van der Waals surface area (Å²) in [5.74, 6) is -0.0510. The SMILES string of the molecule is CC1=C2C(=O)CC(C)(C)C[C@@H]2C(C#N)(C#N)C1. The molecule has 2 rings (SSSR count). The summed E-state index contributed by atoms with van der Waals surface area (Å²) in [5.41, 5.74) is 0.604. The molecular weight excluding hydrogens is 212 g/mol. The molecule has 88 valence electrons. The van der Waals surface area contributed by atoms with Crippen LogP contribution in [0.1, 0.15) is 40.0 Å². The first-order valence-electron chi connectivity index (χ1n) is 5.90. The standard InChI is InChI=1S/C14H16N2O/c1-9-4-14(7-15,8-16)10-5-13(2,3)6-11(17)12(9)10/h10H,4-6H2,1-3H3/t10-/m0/s1. The lowest BCUT2D eigenvalue weighted by Gasteiger charge is -2.37. The van der Waals surface area contributed by atoms with Crippen molar-refractivity contribution >= 4 is 5.78 Å². The van der Waals surface area contributed by atoms with Crippen molar-refractivity contribution in [2.45, 2.75) is 40.0 Å². The lowest BCUT2D eigenvalue weighted by atomic mass is 9.63. The van der Waals surface area contributed by atoms with E-state index in [1.54, 1.807) is 0 Å². The molecular formula is C14H16N2O. The topological polar surface area (TPSA) is 64.7 Å². The molecule has 1 fully saturated rings. The number of nitrogens with zero attached hydrogens (tertiary/aromatic N) is 2. The predicted octanol–water partition coefficient (Wildman–Crippen LogP) is 2.75. The number of fused-ring (bicyclic) bond motifs is 1. The number of carbonyl (C=O) groups is 1. The summed E-state index contributed by atoms with van der Waals surface area (Å²) in [6, 6.07) is 4.32.